The molecule has 1 aliphatic heterocycles. The minimum atomic E-state index is 0.931. The van der Waals surface area contributed by atoms with Gasteiger partial charge in [0.05, 0.1) is 27.9 Å². The molecule has 0 fully saturated rings. The molecule has 5 aromatic rings. The number of fused-ring (bicyclic) bond motifs is 12. The van der Waals surface area contributed by atoms with Crippen molar-refractivity contribution in [1.82, 2.24) is 24.9 Å². The molecule has 0 radical (unpaired) electrons. The Labute approximate surface area is 159 Å². The first kappa shape index (κ1) is 15.1. The number of hydrogen-bond donors (Lipinski definition) is 4. The molecule has 0 unspecified atom stereocenters. The van der Waals surface area contributed by atoms with Crippen LogP contribution in [-0.2, 0) is 0 Å². The quantitative estimate of drug-likeness (QED) is 0.273. The summed E-state index contributed by atoms with van der Waals surface area (Å²) >= 11 is 0. The second kappa shape index (κ2) is 5.76. The van der Waals surface area contributed by atoms with Crippen LogP contribution in [-0.4, -0.2) is 24.9 Å². The van der Waals surface area contributed by atoms with Gasteiger partial charge >= 0.3 is 0 Å². The van der Waals surface area contributed by atoms with E-state index in [1.807, 2.05) is 12.2 Å². The van der Waals surface area contributed by atoms with Crippen molar-refractivity contribution in [1.29, 1.82) is 0 Å². The van der Waals surface area contributed by atoms with Crippen molar-refractivity contribution in [2.75, 3.05) is 0 Å². The average Bonchev–Trinajstić information content (AvgIpc) is 3.46. The van der Waals surface area contributed by atoms with Crippen molar-refractivity contribution in [3.8, 4) is 0 Å². The van der Waals surface area contributed by atoms with Crippen LogP contribution in [0.1, 0.15) is 11.4 Å². The summed E-state index contributed by atoms with van der Waals surface area (Å²) in [7, 11) is 0. The number of aromatic amines is 4. The number of aromatic nitrogens is 5. The summed E-state index contributed by atoms with van der Waals surface area (Å²) in [4.78, 5) is 18.5. The fraction of sp³-hybridized carbons (Fsp3) is 0. The van der Waals surface area contributed by atoms with Crippen LogP contribution in [0.5, 0.6) is 0 Å². The maximum atomic E-state index is 4.73. The number of hydrogen-bond acceptors (Lipinski definition) is 1. The van der Waals surface area contributed by atoms with E-state index in [4.69, 9.17) is 4.98 Å². The van der Waals surface area contributed by atoms with E-state index in [1.54, 1.807) is 0 Å². The predicted octanol–water partition coefficient (Wildman–Crippen LogP) is 5.74. The Balaban J connectivity index is 1.72. The lowest BCUT2D eigenvalue weighted by molar-refractivity contribution is 1.32. The summed E-state index contributed by atoms with van der Waals surface area (Å²) in [5, 5.41) is 0. The molecule has 134 valence electrons. The molecular formula is C23H17N5. The van der Waals surface area contributed by atoms with Crippen LogP contribution in [0.15, 0.2) is 66.7 Å². The standard InChI is InChI=1S/C23H17N5/c1-2-15-12-17-4-8-21(26-17)23-10-6-19(28-23)13-18-5-9-22(27-18)20-7-3-16(25-20)11-14(1)24-15/h1-13,24-25,27-28H. The zero-order chi connectivity index (χ0) is 18.5. The topological polar surface area (TPSA) is 76.0 Å². The van der Waals surface area contributed by atoms with E-state index < -0.39 is 0 Å². The molecule has 0 saturated carbocycles. The lowest BCUT2D eigenvalue weighted by Gasteiger charge is -1.86. The van der Waals surface area contributed by atoms with Gasteiger partial charge < -0.3 is 19.9 Å². The third-order valence-corrected chi connectivity index (χ3v) is 5.01. The first-order chi connectivity index (χ1) is 13.8. The normalized spacial score (nSPS) is 12.1. The first-order valence-electron chi connectivity index (χ1n) is 9.23. The van der Waals surface area contributed by atoms with E-state index >= 15 is 0 Å². The van der Waals surface area contributed by atoms with E-state index in [0.29, 0.717) is 0 Å². The Kier molecular flexibility index (Phi) is 3.10. The lowest BCUT2D eigenvalue weighted by atomic mass is 10.3. The van der Waals surface area contributed by atoms with E-state index in [2.05, 4.69) is 86.7 Å². The molecule has 0 aliphatic carbocycles. The third kappa shape index (κ3) is 2.61. The van der Waals surface area contributed by atoms with E-state index in [1.165, 1.54) is 0 Å². The summed E-state index contributed by atoms with van der Waals surface area (Å²) in [6.07, 6.45) is 4.07. The summed E-state index contributed by atoms with van der Waals surface area (Å²) in [6, 6.07) is 22.9. The first-order valence-corrected chi connectivity index (χ1v) is 9.23. The van der Waals surface area contributed by atoms with Gasteiger partial charge in [0.1, 0.15) is 0 Å². The van der Waals surface area contributed by atoms with E-state index in [0.717, 1.165) is 55.5 Å². The summed E-state index contributed by atoms with van der Waals surface area (Å²) in [5.74, 6) is 0. The molecule has 5 nitrogen and oxygen atoms in total. The van der Waals surface area contributed by atoms with Gasteiger partial charge in [0.2, 0.25) is 0 Å². The monoisotopic (exact) mass is 363 g/mol. The second-order valence-electron chi connectivity index (χ2n) is 7.04. The molecule has 0 aromatic carbocycles. The molecule has 0 spiro atoms. The largest absolute Gasteiger partial charge is 0.355 e. The SMILES string of the molecule is C1=Cc2nc1cc1ccc(cc3ccc([nH]3)c3ccc(cc4ccc2[nH]4)[nH]3)[nH]1. The predicted molar refractivity (Wildman–Crippen MR) is 116 cm³/mol. The van der Waals surface area contributed by atoms with Crippen LogP contribution < -0.4 is 0 Å². The Bertz CT molecular complexity index is 1520. The zero-order valence-electron chi connectivity index (χ0n) is 15.0. The Morgan fingerprint density at radius 3 is 1.64 bits per heavy atom. The van der Waals surface area contributed by atoms with Crippen molar-refractivity contribution in [2.24, 2.45) is 0 Å². The van der Waals surface area contributed by atoms with Crippen LogP contribution >= 0.6 is 0 Å². The highest BCUT2D eigenvalue weighted by Crippen LogP contribution is 2.18. The third-order valence-electron chi connectivity index (χ3n) is 5.01. The number of rotatable bonds is 0. The molecule has 0 amide bonds. The molecule has 0 saturated heterocycles. The van der Waals surface area contributed by atoms with Crippen LogP contribution in [0.2, 0.25) is 0 Å². The van der Waals surface area contributed by atoms with Crippen LogP contribution in [0.3, 0.4) is 0 Å². The van der Waals surface area contributed by atoms with Gasteiger partial charge in [-0.05, 0) is 78.9 Å². The van der Waals surface area contributed by atoms with Crippen LogP contribution in [0, 0.1) is 0 Å². The van der Waals surface area contributed by atoms with Gasteiger partial charge in [-0.2, -0.15) is 0 Å². The molecular weight excluding hydrogens is 346 g/mol. The smallest absolute Gasteiger partial charge is 0.0872 e. The fourth-order valence-electron chi connectivity index (χ4n) is 3.65. The molecule has 28 heavy (non-hydrogen) atoms. The van der Waals surface area contributed by atoms with Crippen LogP contribution in [0.25, 0.3) is 56.3 Å². The van der Waals surface area contributed by atoms with Gasteiger partial charge in [0.25, 0.3) is 0 Å². The molecule has 5 aromatic heterocycles. The summed E-state index contributed by atoms with van der Waals surface area (Å²) in [5.41, 5.74) is 10.2. The fourth-order valence-corrected chi connectivity index (χ4v) is 3.65. The highest BCUT2D eigenvalue weighted by molar-refractivity contribution is 5.83. The molecule has 5 heteroatoms. The van der Waals surface area contributed by atoms with Gasteiger partial charge in [0, 0.05) is 27.6 Å². The van der Waals surface area contributed by atoms with Gasteiger partial charge in [-0.25, -0.2) is 4.98 Å². The van der Waals surface area contributed by atoms with E-state index in [9.17, 15) is 0 Å². The minimum Gasteiger partial charge on any atom is -0.355 e. The molecule has 6 rings (SSSR count). The highest BCUT2D eigenvalue weighted by Gasteiger charge is 2.02. The van der Waals surface area contributed by atoms with Gasteiger partial charge in [-0.3, -0.25) is 0 Å². The Morgan fingerprint density at radius 2 is 0.964 bits per heavy atom. The average molecular weight is 363 g/mol. The van der Waals surface area contributed by atoms with Crippen molar-refractivity contribution in [3.63, 3.8) is 0 Å². The van der Waals surface area contributed by atoms with Crippen molar-refractivity contribution < 1.29 is 0 Å². The van der Waals surface area contributed by atoms with Gasteiger partial charge in [-0.1, -0.05) is 0 Å². The summed E-state index contributed by atoms with van der Waals surface area (Å²) < 4.78 is 0. The Hall–Kier alpha value is -3.99. The molecule has 4 N–H and O–H groups in total. The van der Waals surface area contributed by atoms with E-state index in [-0.39, 0.29) is 0 Å². The minimum absolute atomic E-state index is 0.931. The number of nitrogens with one attached hydrogen (secondary N) is 4. The molecule has 0 atom stereocenters. The van der Waals surface area contributed by atoms with Crippen molar-refractivity contribution in [3.05, 3.63) is 78.1 Å². The van der Waals surface area contributed by atoms with Gasteiger partial charge in [-0.15, -0.1) is 0 Å². The molecule has 6 heterocycles. The highest BCUT2D eigenvalue weighted by atomic mass is 14.8. The maximum Gasteiger partial charge on any atom is 0.0872 e. The van der Waals surface area contributed by atoms with Crippen LogP contribution in [0.4, 0.5) is 0 Å². The zero-order valence-corrected chi connectivity index (χ0v) is 15.0. The molecule has 10 bridgehead atoms. The summed E-state index contributed by atoms with van der Waals surface area (Å²) in [6.45, 7) is 0. The Morgan fingerprint density at radius 1 is 0.464 bits per heavy atom. The van der Waals surface area contributed by atoms with Crippen molar-refractivity contribution >= 4 is 56.3 Å². The van der Waals surface area contributed by atoms with Gasteiger partial charge in [0.15, 0.2) is 0 Å². The van der Waals surface area contributed by atoms with Crippen molar-refractivity contribution in [2.45, 2.75) is 0 Å². The second-order valence-corrected chi connectivity index (χ2v) is 7.04. The lowest BCUT2D eigenvalue weighted by Crippen LogP contribution is -1.76. The molecule has 1 aliphatic rings. The number of nitrogens with zero attached hydrogens (tertiary/aromatic N) is 1. The number of H-pyrrole nitrogens is 4. The maximum absolute atomic E-state index is 4.73.